The zero-order valence-electron chi connectivity index (χ0n) is 17.3. The highest BCUT2D eigenvalue weighted by Gasteiger charge is 2.25. The molecule has 0 aromatic heterocycles. The van der Waals surface area contributed by atoms with Gasteiger partial charge in [-0.3, -0.25) is 4.90 Å². The Balaban J connectivity index is 4.22. The van der Waals surface area contributed by atoms with Crippen LogP contribution in [0.2, 0.25) is 0 Å². The third-order valence-corrected chi connectivity index (χ3v) is 5.31. The Labute approximate surface area is 148 Å². The lowest BCUT2D eigenvalue weighted by Gasteiger charge is -2.39. The molecule has 0 rings (SSSR count). The van der Waals surface area contributed by atoms with Crippen LogP contribution in [0.5, 0.6) is 0 Å². The molecule has 0 heterocycles. The van der Waals surface area contributed by atoms with Gasteiger partial charge in [-0.2, -0.15) is 0 Å². The summed E-state index contributed by atoms with van der Waals surface area (Å²) in [6.07, 6.45) is 19.5. The molecule has 0 radical (unpaired) electrons. The molecule has 0 saturated carbocycles. The SMILES string of the molecule is CCCCCCCC(C)(C)N(CCCCCC)CCCCCC. The van der Waals surface area contributed by atoms with Gasteiger partial charge in [0.1, 0.15) is 0 Å². The van der Waals surface area contributed by atoms with E-state index < -0.39 is 0 Å². The molecule has 0 fully saturated rings. The van der Waals surface area contributed by atoms with Gasteiger partial charge in [0.05, 0.1) is 0 Å². The minimum Gasteiger partial charge on any atom is -0.298 e. The van der Waals surface area contributed by atoms with Gasteiger partial charge >= 0.3 is 0 Å². The molecule has 0 aliphatic rings. The van der Waals surface area contributed by atoms with Gasteiger partial charge in [0.15, 0.2) is 0 Å². The van der Waals surface area contributed by atoms with Crippen molar-refractivity contribution in [1.82, 2.24) is 4.90 Å². The molecule has 0 amide bonds. The van der Waals surface area contributed by atoms with Gasteiger partial charge in [0.2, 0.25) is 0 Å². The second-order valence-electron chi connectivity index (χ2n) is 8.09. The van der Waals surface area contributed by atoms with Crippen molar-refractivity contribution < 1.29 is 0 Å². The molecule has 1 heteroatoms. The number of rotatable bonds is 17. The molecule has 0 aliphatic carbocycles. The van der Waals surface area contributed by atoms with E-state index in [1.54, 1.807) is 0 Å². The lowest BCUT2D eigenvalue weighted by atomic mass is 9.93. The van der Waals surface area contributed by atoms with Crippen molar-refractivity contribution in [2.75, 3.05) is 13.1 Å². The van der Waals surface area contributed by atoms with E-state index in [0.717, 1.165) is 0 Å². The number of hydrogen-bond acceptors (Lipinski definition) is 1. The Hall–Kier alpha value is -0.0400. The summed E-state index contributed by atoms with van der Waals surface area (Å²) >= 11 is 0. The molecular weight excluding hydrogens is 278 g/mol. The van der Waals surface area contributed by atoms with Crippen LogP contribution in [0.15, 0.2) is 0 Å². The summed E-state index contributed by atoms with van der Waals surface area (Å²) in [5.41, 5.74) is 0.393. The monoisotopic (exact) mass is 325 g/mol. The first-order valence-corrected chi connectivity index (χ1v) is 10.8. The molecule has 0 aromatic rings. The largest absolute Gasteiger partial charge is 0.298 e. The van der Waals surface area contributed by atoms with Gasteiger partial charge < -0.3 is 0 Å². The smallest absolute Gasteiger partial charge is 0.0153 e. The van der Waals surface area contributed by atoms with E-state index >= 15 is 0 Å². The van der Waals surface area contributed by atoms with Crippen LogP contribution in [0.25, 0.3) is 0 Å². The predicted molar refractivity (Wildman–Crippen MR) is 107 cm³/mol. The normalized spacial score (nSPS) is 12.3. The average Bonchev–Trinajstić information content (AvgIpc) is 2.53. The van der Waals surface area contributed by atoms with Crippen LogP contribution >= 0.6 is 0 Å². The van der Waals surface area contributed by atoms with Crippen molar-refractivity contribution in [3.63, 3.8) is 0 Å². The second kappa shape index (κ2) is 15.5. The Morgan fingerprint density at radius 1 is 0.522 bits per heavy atom. The third-order valence-electron chi connectivity index (χ3n) is 5.31. The van der Waals surface area contributed by atoms with Crippen LogP contribution in [-0.4, -0.2) is 23.5 Å². The highest BCUT2D eigenvalue weighted by molar-refractivity contribution is 4.81. The minimum atomic E-state index is 0.393. The first kappa shape index (κ1) is 23.0. The van der Waals surface area contributed by atoms with Crippen molar-refractivity contribution in [3.8, 4) is 0 Å². The van der Waals surface area contributed by atoms with Crippen molar-refractivity contribution in [2.45, 2.75) is 130 Å². The van der Waals surface area contributed by atoms with Crippen molar-refractivity contribution in [1.29, 1.82) is 0 Å². The van der Waals surface area contributed by atoms with Gasteiger partial charge in [-0.15, -0.1) is 0 Å². The Morgan fingerprint density at radius 2 is 0.913 bits per heavy atom. The van der Waals surface area contributed by atoms with Crippen molar-refractivity contribution in [3.05, 3.63) is 0 Å². The van der Waals surface area contributed by atoms with Crippen LogP contribution in [0.4, 0.5) is 0 Å². The summed E-state index contributed by atoms with van der Waals surface area (Å²) in [6.45, 7) is 14.5. The van der Waals surface area contributed by atoms with Gasteiger partial charge in [-0.05, 0) is 46.2 Å². The average molecular weight is 326 g/mol. The molecule has 140 valence electrons. The molecule has 0 bridgehead atoms. The van der Waals surface area contributed by atoms with E-state index in [1.165, 1.54) is 103 Å². The minimum absolute atomic E-state index is 0.393. The highest BCUT2D eigenvalue weighted by atomic mass is 15.2. The third kappa shape index (κ3) is 13.0. The fraction of sp³-hybridized carbons (Fsp3) is 1.00. The molecule has 0 atom stereocenters. The quantitative estimate of drug-likeness (QED) is 0.249. The maximum absolute atomic E-state index is 2.82. The van der Waals surface area contributed by atoms with Gasteiger partial charge in [0.25, 0.3) is 0 Å². The van der Waals surface area contributed by atoms with Gasteiger partial charge in [-0.25, -0.2) is 0 Å². The van der Waals surface area contributed by atoms with Crippen LogP contribution in [0.1, 0.15) is 125 Å². The number of nitrogens with zero attached hydrogens (tertiary/aromatic N) is 1. The maximum Gasteiger partial charge on any atom is 0.0153 e. The molecule has 0 spiro atoms. The summed E-state index contributed by atoms with van der Waals surface area (Å²) < 4.78 is 0. The van der Waals surface area contributed by atoms with Crippen LogP contribution in [0, 0.1) is 0 Å². The summed E-state index contributed by atoms with van der Waals surface area (Å²) in [6, 6.07) is 0. The summed E-state index contributed by atoms with van der Waals surface area (Å²) in [5, 5.41) is 0. The highest BCUT2D eigenvalue weighted by Crippen LogP contribution is 2.24. The zero-order valence-corrected chi connectivity index (χ0v) is 17.3. The lowest BCUT2D eigenvalue weighted by Crippen LogP contribution is -2.45. The van der Waals surface area contributed by atoms with E-state index in [2.05, 4.69) is 39.5 Å². The van der Waals surface area contributed by atoms with E-state index in [4.69, 9.17) is 0 Å². The first-order valence-electron chi connectivity index (χ1n) is 10.8. The van der Waals surface area contributed by atoms with Crippen LogP contribution < -0.4 is 0 Å². The molecular formula is C22H47N. The number of unbranched alkanes of at least 4 members (excludes halogenated alkanes) is 10. The summed E-state index contributed by atoms with van der Waals surface area (Å²) in [5.74, 6) is 0. The zero-order chi connectivity index (χ0) is 17.4. The first-order chi connectivity index (χ1) is 11.1. The topological polar surface area (TPSA) is 3.24 Å². The fourth-order valence-electron chi connectivity index (χ4n) is 3.50. The molecule has 0 aliphatic heterocycles. The van der Waals surface area contributed by atoms with E-state index in [0.29, 0.717) is 5.54 Å². The van der Waals surface area contributed by atoms with Crippen molar-refractivity contribution in [2.24, 2.45) is 0 Å². The molecule has 1 nitrogen and oxygen atoms in total. The van der Waals surface area contributed by atoms with Crippen LogP contribution in [-0.2, 0) is 0 Å². The molecule has 0 unspecified atom stereocenters. The van der Waals surface area contributed by atoms with Gasteiger partial charge in [0, 0.05) is 5.54 Å². The van der Waals surface area contributed by atoms with Crippen LogP contribution in [0.3, 0.4) is 0 Å². The molecule has 0 aromatic carbocycles. The molecule has 0 N–H and O–H groups in total. The second-order valence-corrected chi connectivity index (χ2v) is 8.09. The van der Waals surface area contributed by atoms with E-state index in [1.807, 2.05) is 0 Å². The van der Waals surface area contributed by atoms with E-state index in [9.17, 15) is 0 Å². The lowest BCUT2D eigenvalue weighted by molar-refractivity contribution is 0.103. The van der Waals surface area contributed by atoms with Gasteiger partial charge in [-0.1, -0.05) is 91.4 Å². The van der Waals surface area contributed by atoms with Crippen molar-refractivity contribution >= 4 is 0 Å². The maximum atomic E-state index is 2.82. The fourth-order valence-corrected chi connectivity index (χ4v) is 3.50. The molecule has 23 heavy (non-hydrogen) atoms. The molecule has 0 saturated heterocycles. The summed E-state index contributed by atoms with van der Waals surface area (Å²) in [7, 11) is 0. The standard InChI is InChI=1S/C22H47N/c1-6-9-12-15-16-19-22(4,5)23(20-17-13-10-7-2)21-18-14-11-8-3/h6-21H2,1-5H3. The number of hydrogen-bond donors (Lipinski definition) is 0. The Kier molecular flexibility index (Phi) is 15.5. The summed E-state index contributed by atoms with van der Waals surface area (Å²) in [4.78, 5) is 2.82. The Morgan fingerprint density at radius 3 is 1.35 bits per heavy atom. The Bertz CT molecular complexity index is 222. The predicted octanol–water partition coefficient (Wildman–Crippen LogP) is 7.59. The van der Waals surface area contributed by atoms with E-state index in [-0.39, 0.29) is 0 Å².